The molecule has 0 atom stereocenters. The van der Waals surface area contributed by atoms with Gasteiger partial charge in [0.05, 0.1) is 26.8 Å². The van der Waals surface area contributed by atoms with Crippen LogP contribution in [-0.2, 0) is 0 Å². The zero-order valence-electron chi connectivity index (χ0n) is 53.7. The van der Waals surface area contributed by atoms with E-state index in [9.17, 15) is 0 Å². The molecular weight excluding hydrogens is 1240 g/mol. The Kier molecular flexibility index (Phi) is 14.2. The van der Waals surface area contributed by atoms with Crippen molar-refractivity contribution in [2.24, 2.45) is 0 Å². The molecule has 6 heterocycles. The second kappa shape index (κ2) is 24.4. The highest BCUT2D eigenvalue weighted by atomic mass is 32.1. The quantitative estimate of drug-likeness (QED) is 0.134. The normalized spacial score (nSPS) is 11.6. The van der Waals surface area contributed by atoms with Crippen molar-refractivity contribution >= 4 is 97.1 Å². The topological polar surface area (TPSA) is 100 Å². The van der Waals surface area contributed by atoms with E-state index in [1.807, 2.05) is 145 Å². The molecule has 10 heteroatoms. The van der Waals surface area contributed by atoms with E-state index >= 15 is 0 Å². The second-order valence-electron chi connectivity index (χ2n) is 24.9. The molecule has 6 aromatic heterocycles. The summed E-state index contributed by atoms with van der Waals surface area (Å²) in [5.41, 5.74) is 18.8. The minimum absolute atomic E-state index is 0.623. The first-order valence-corrected chi connectivity index (χ1v) is 34.2. The van der Waals surface area contributed by atoms with Crippen molar-refractivity contribution < 1.29 is 4.42 Å². The number of aromatic nitrogens is 8. The van der Waals surface area contributed by atoms with E-state index < -0.39 is 0 Å². The third kappa shape index (κ3) is 10.2. The van der Waals surface area contributed by atoms with Crippen LogP contribution in [0.5, 0.6) is 0 Å². The van der Waals surface area contributed by atoms with Crippen LogP contribution in [0.25, 0.3) is 188 Å². The van der Waals surface area contributed by atoms with E-state index in [1.54, 1.807) is 0 Å². The molecule has 0 aliphatic heterocycles. The summed E-state index contributed by atoms with van der Waals surface area (Å²) in [4.78, 5) is 29.6. The Bertz CT molecular complexity index is 5960. The van der Waals surface area contributed by atoms with Gasteiger partial charge in [-0.05, 0) is 101 Å². The summed E-state index contributed by atoms with van der Waals surface area (Å²) in [5, 5.41) is 9.60. The maximum Gasteiger partial charge on any atom is 0.164 e. The van der Waals surface area contributed by atoms with Crippen LogP contribution in [0, 0.1) is 0 Å². The number of benzene rings is 14. The molecule has 20 rings (SSSR count). The average molecular weight is 1300 g/mol. The molecule has 0 aliphatic rings. The molecule has 0 fully saturated rings. The molecule has 0 amide bonds. The van der Waals surface area contributed by atoms with Crippen molar-refractivity contribution in [2.75, 3.05) is 0 Å². The maximum absolute atomic E-state index is 6.63. The van der Waals surface area contributed by atoms with Crippen LogP contribution >= 0.6 is 11.3 Å². The summed E-state index contributed by atoms with van der Waals surface area (Å²) >= 11 is 1.87. The van der Waals surface area contributed by atoms with Gasteiger partial charge in [0.2, 0.25) is 0 Å². The number of hydrogen-bond donors (Lipinski definition) is 0. The van der Waals surface area contributed by atoms with Crippen molar-refractivity contribution in [3.8, 4) is 102 Å². The van der Waals surface area contributed by atoms with Gasteiger partial charge in [-0.15, -0.1) is 11.3 Å². The first-order valence-electron chi connectivity index (χ1n) is 33.4. The highest BCUT2D eigenvalue weighted by molar-refractivity contribution is 7.26. The summed E-state index contributed by atoms with van der Waals surface area (Å²) in [5.74, 6) is 3.86. The molecular formula is C90H56N8OS. The van der Waals surface area contributed by atoms with Crippen LogP contribution in [0.1, 0.15) is 0 Å². The van der Waals surface area contributed by atoms with Gasteiger partial charge >= 0.3 is 0 Å². The van der Waals surface area contributed by atoms with Crippen LogP contribution in [0.4, 0.5) is 0 Å². The van der Waals surface area contributed by atoms with Crippen LogP contribution in [0.15, 0.2) is 344 Å². The molecule has 0 spiro atoms. The number of fused-ring (bicyclic) bond motifs is 14. The van der Waals surface area contributed by atoms with Gasteiger partial charge in [0.1, 0.15) is 5.58 Å². The zero-order chi connectivity index (χ0) is 66.0. The number of thiophene rings is 1. The van der Waals surface area contributed by atoms with Crippen molar-refractivity contribution in [1.82, 2.24) is 39.0 Å². The zero-order valence-corrected chi connectivity index (χ0v) is 54.5. The second-order valence-corrected chi connectivity index (χ2v) is 26.0. The molecule has 14 aromatic carbocycles. The van der Waals surface area contributed by atoms with E-state index in [2.05, 4.69) is 215 Å². The summed E-state index contributed by atoms with van der Waals surface area (Å²) in [7, 11) is 0. The van der Waals surface area contributed by atoms with Crippen LogP contribution < -0.4 is 0 Å². The van der Waals surface area contributed by atoms with E-state index in [0.29, 0.717) is 34.9 Å². The van der Waals surface area contributed by atoms with E-state index in [4.69, 9.17) is 34.3 Å². The molecule has 0 aliphatic carbocycles. The summed E-state index contributed by atoms with van der Waals surface area (Å²) in [6.45, 7) is 0. The number of furan rings is 1. The molecule has 0 saturated carbocycles. The Labute approximate surface area is 578 Å². The SMILES string of the molecule is c1ccc(-c2ccc3c4ccc5c6ccccc6oc5c4n(-c4ccc(-c5nc(-c6ccccc6)nc(-c6ccccc6)n5)cc4)c3c2)cc1.c1ccc(-c2ccc3c4ccc5c6ccccc6sc5c4n(-c4ccc(-c5nc(-c6ccccc6)nc(-c6ccccc6)n5)cc4)c3c2)cc1. The fourth-order valence-corrected chi connectivity index (χ4v) is 15.3. The summed E-state index contributed by atoms with van der Waals surface area (Å²) < 4.78 is 14.0. The van der Waals surface area contributed by atoms with Gasteiger partial charge in [-0.3, -0.25) is 0 Å². The molecule has 0 unspecified atom stereocenters. The number of para-hydroxylation sites is 1. The smallest absolute Gasteiger partial charge is 0.164 e. The molecule has 100 heavy (non-hydrogen) atoms. The number of hydrogen-bond acceptors (Lipinski definition) is 8. The van der Waals surface area contributed by atoms with Crippen molar-refractivity contribution in [3.63, 3.8) is 0 Å². The van der Waals surface area contributed by atoms with Gasteiger partial charge in [0, 0.05) is 92.5 Å². The fourth-order valence-electron chi connectivity index (χ4n) is 14.1. The molecule has 20 aromatic rings. The predicted octanol–water partition coefficient (Wildman–Crippen LogP) is 23.5. The third-order valence-electron chi connectivity index (χ3n) is 18.9. The lowest BCUT2D eigenvalue weighted by atomic mass is 10.0. The first-order chi connectivity index (χ1) is 49.6. The number of rotatable bonds is 10. The third-order valence-corrected chi connectivity index (χ3v) is 20.1. The lowest BCUT2D eigenvalue weighted by Gasteiger charge is -2.11. The van der Waals surface area contributed by atoms with Crippen molar-refractivity contribution in [3.05, 3.63) is 340 Å². The van der Waals surface area contributed by atoms with Gasteiger partial charge in [-0.25, -0.2) is 29.9 Å². The predicted molar refractivity (Wildman–Crippen MR) is 412 cm³/mol. The number of nitrogens with zero attached hydrogens (tertiary/aromatic N) is 8. The highest BCUT2D eigenvalue weighted by Crippen LogP contribution is 2.46. The van der Waals surface area contributed by atoms with E-state index in [1.165, 1.54) is 64.1 Å². The van der Waals surface area contributed by atoms with Crippen LogP contribution in [-0.4, -0.2) is 39.0 Å². The Morgan fingerprint density at radius 3 is 0.990 bits per heavy atom. The minimum atomic E-state index is 0.623. The van der Waals surface area contributed by atoms with Crippen LogP contribution in [0.2, 0.25) is 0 Å². The lowest BCUT2D eigenvalue weighted by Crippen LogP contribution is -2.00. The molecule has 9 nitrogen and oxygen atoms in total. The van der Waals surface area contributed by atoms with E-state index in [-0.39, 0.29) is 0 Å². The average Bonchev–Trinajstić information content (AvgIpc) is 1.57. The minimum Gasteiger partial charge on any atom is -0.454 e. The molecule has 0 radical (unpaired) electrons. The van der Waals surface area contributed by atoms with Crippen molar-refractivity contribution in [1.29, 1.82) is 0 Å². The van der Waals surface area contributed by atoms with Crippen molar-refractivity contribution in [2.45, 2.75) is 0 Å². The Morgan fingerprint density at radius 1 is 0.230 bits per heavy atom. The van der Waals surface area contributed by atoms with Gasteiger partial charge in [0.25, 0.3) is 0 Å². The van der Waals surface area contributed by atoms with Gasteiger partial charge < -0.3 is 13.6 Å². The lowest BCUT2D eigenvalue weighted by molar-refractivity contribution is 0.671. The monoisotopic (exact) mass is 1300 g/mol. The molecule has 0 saturated heterocycles. The molecule has 0 N–H and O–H groups in total. The molecule has 0 bridgehead atoms. The fraction of sp³-hybridized carbons (Fsp3) is 0. The Balaban J connectivity index is 0.000000139. The molecule has 468 valence electrons. The van der Waals surface area contributed by atoms with E-state index in [0.717, 1.165) is 88.7 Å². The summed E-state index contributed by atoms with van der Waals surface area (Å²) in [6.07, 6.45) is 0. The van der Waals surface area contributed by atoms with Gasteiger partial charge in [-0.1, -0.05) is 261 Å². The summed E-state index contributed by atoms with van der Waals surface area (Å²) in [6, 6.07) is 118. The maximum atomic E-state index is 6.63. The largest absolute Gasteiger partial charge is 0.454 e. The standard InChI is InChI=1S/C45H28N4O.C45H28N4S/c2*1-4-12-29(13-5-1)33-22-25-35-37-26-27-38-36-18-10-11-19-40(36)50-42(38)41(37)49(39(35)28-33)34-23-20-32(21-24-34)45-47-43(30-14-6-2-7-15-30)46-44(48-45)31-16-8-3-9-17-31/h2*1-28H. The Morgan fingerprint density at radius 2 is 0.550 bits per heavy atom. The first kappa shape index (κ1) is 58.1. The highest BCUT2D eigenvalue weighted by Gasteiger charge is 2.23. The Hall–Kier alpha value is -13.3. The van der Waals surface area contributed by atoms with Crippen LogP contribution in [0.3, 0.4) is 0 Å². The van der Waals surface area contributed by atoms with Gasteiger partial charge in [0.15, 0.2) is 40.5 Å². The van der Waals surface area contributed by atoms with Gasteiger partial charge in [-0.2, -0.15) is 0 Å².